The van der Waals surface area contributed by atoms with Crippen molar-refractivity contribution in [1.29, 1.82) is 0 Å². The lowest BCUT2D eigenvalue weighted by Gasteiger charge is -2.37. The van der Waals surface area contributed by atoms with E-state index in [-0.39, 0.29) is 11.1 Å². The molecule has 0 spiro atoms. The average Bonchev–Trinajstić information content (AvgIpc) is 3.06. The fourth-order valence-electron chi connectivity index (χ4n) is 4.24. The predicted molar refractivity (Wildman–Crippen MR) is 109 cm³/mol. The summed E-state index contributed by atoms with van der Waals surface area (Å²) < 4.78 is 0. The van der Waals surface area contributed by atoms with E-state index in [1.807, 2.05) is 0 Å². The quantitative estimate of drug-likeness (QED) is 0.621. The largest absolute Gasteiger partial charge is 0.365 e. The minimum Gasteiger partial charge on any atom is -0.365 e. The van der Waals surface area contributed by atoms with Gasteiger partial charge >= 0.3 is 6.03 Å². The molecule has 2 aliphatic rings. The van der Waals surface area contributed by atoms with Crippen molar-refractivity contribution in [3.8, 4) is 0 Å². The van der Waals surface area contributed by atoms with Gasteiger partial charge in [0.05, 0.1) is 11.1 Å². The fraction of sp³-hybridized carbons (Fsp3) is 0.368. The molecule has 2 atom stereocenters. The van der Waals surface area contributed by atoms with Gasteiger partial charge in [0.15, 0.2) is 0 Å². The first kappa shape index (κ1) is 18.3. The van der Waals surface area contributed by atoms with Crippen molar-refractivity contribution in [2.45, 2.75) is 44.2 Å². The van der Waals surface area contributed by atoms with Gasteiger partial charge in [0, 0.05) is 21.1 Å². The van der Waals surface area contributed by atoms with Crippen LogP contribution in [0, 0.1) is 0 Å². The summed E-state index contributed by atoms with van der Waals surface area (Å²) in [7, 11) is 0. The Morgan fingerprint density at radius 2 is 1.89 bits per heavy atom. The Labute approximate surface area is 166 Å². The van der Waals surface area contributed by atoms with Gasteiger partial charge in [0.25, 0.3) is 5.91 Å². The van der Waals surface area contributed by atoms with Crippen molar-refractivity contribution in [1.82, 2.24) is 5.32 Å². The molecule has 2 aromatic rings. The van der Waals surface area contributed by atoms with Crippen LogP contribution in [0.1, 0.15) is 47.5 Å². The highest BCUT2D eigenvalue weighted by Gasteiger charge is 2.50. The number of benzene rings is 1. The van der Waals surface area contributed by atoms with E-state index in [4.69, 9.17) is 17.3 Å². The van der Waals surface area contributed by atoms with Crippen LogP contribution in [0.2, 0.25) is 5.02 Å². The van der Waals surface area contributed by atoms with E-state index < -0.39 is 11.9 Å². The van der Waals surface area contributed by atoms with E-state index in [0.717, 1.165) is 29.7 Å². The number of nitrogens with one attached hydrogen (secondary N) is 3. The number of carbonyl (C=O) groups is 2. The minimum atomic E-state index is -0.511. The Balaban J connectivity index is 1.64. The lowest BCUT2D eigenvalue weighted by Crippen LogP contribution is -2.50. The molecule has 3 heterocycles. The van der Waals surface area contributed by atoms with Gasteiger partial charge in [-0.15, -0.1) is 11.3 Å². The number of urea groups is 1. The molecule has 1 saturated heterocycles. The monoisotopic (exact) mass is 404 g/mol. The van der Waals surface area contributed by atoms with Crippen molar-refractivity contribution in [3.63, 3.8) is 0 Å². The van der Waals surface area contributed by atoms with Crippen LogP contribution in [0.4, 0.5) is 15.5 Å². The Bertz CT molecular complexity index is 942. The molecule has 142 valence electrons. The van der Waals surface area contributed by atoms with Crippen molar-refractivity contribution >= 4 is 45.6 Å². The van der Waals surface area contributed by atoms with Crippen molar-refractivity contribution in [2.75, 3.05) is 10.6 Å². The second-order valence-corrected chi connectivity index (χ2v) is 9.22. The average molecular weight is 405 g/mol. The molecule has 4 rings (SSSR count). The molecule has 0 saturated carbocycles. The number of hydrogen-bond acceptors (Lipinski definition) is 4. The van der Waals surface area contributed by atoms with Crippen LogP contribution in [-0.4, -0.2) is 17.5 Å². The molecular weight excluding hydrogens is 384 g/mol. The van der Waals surface area contributed by atoms with Crippen LogP contribution in [0.5, 0.6) is 0 Å². The number of hydrogen-bond donors (Lipinski definition) is 4. The van der Waals surface area contributed by atoms with Gasteiger partial charge in [-0.2, -0.15) is 0 Å². The van der Waals surface area contributed by atoms with E-state index >= 15 is 0 Å². The molecule has 8 heteroatoms. The molecule has 1 fully saturated rings. The number of amides is 3. The summed E-state index contributed by atoms with van der Waals surface area (Å²) in [5.41, 5.74) is 7.46. The zero-order valence-corrected chi connectivity index (χ0v) is 16.7. The molecule has 1 aromatic carbocycles. The molecule has 2 bridgehead atoms. The standard InChI is InChI=1S/C19H21ClN4O2S/c1-18-7-8-19(2,24-18)14-12(9-18)13(15(21)25)16(27-14)23-17(26)22-11-5-3-10(20)4-6-11/h3-6,24H,7-9H2,1-2H3,(H2,21,25)(H2,22,23,26). The van der Waals surface area contributed by atoms with E-state index in [9.17, 15) is 9.59 Å². The maximum atomic E-state index is 12.4. The van der Waals surface area contributed by atoms with Gasteiger partial charge in [-0.1, -0.05) is 11.6 Å². The van der Waals surface area contributed by atoms with E-state index in [2.05, 4.69) is 29.8 Å². The molecule has 1 aromatic heterocycles. The molecular formula is C19H21ClN4O2S. The van der Waals surface area contributed by atoms with Gasteiger partial charge in [0.1, 0.15) is 5.00 Å². The van der Waals surface area contributed by atoms with E-state index in [1.165, 1.54) is 11.3 Å². The molecule has 2 unspecified atom stereocenters. The third-order valence-electron chi connectivity index (χ3n) is 5.41. The number of rotatable bonds is 3. The van der Waals surface area contributed by atoms with Crippen LogP contribution in [0.25, 0.3) is 0 Å². The summed E-state index contributed by atoms with van der Waals surface area (Å²) >= 11 is 7.30. The van der Waals surface area contributed by atoms with Crippen LogP contribution in [0.3, 0.4) is 0 Å². The van der Waals surface area contributed by atoms with Gasteiger partial charge in [0.2, 0.25) is 0 Å². The zero-order chi connectivity index (χ0) is 19.4. The second-order valence-electron chi connectivity index (χ2n) is 7.76. The topological polar surface area (TPSA) is 96.2 Å². The van der Waals surface area contributed by atoms with Gasteiger partial charge in [-0.25, -0.2) is 4.79 Å². The van der Waals surface area contributed by atoms with Crippen molar-refractivity contribution in [2.24, 2.45) is 5.73 Å². The highest BCUT2D eigenvalue weighted by Crippen LogP contribution is 2.51. The van der Waals surface area contributed by atoms with Crippen LogP contribution < -0.4 is 21.7 Å². The second kappa shape index (κ2) is 6.22. The number of anilines is 2. The Kier molecular flexibility index (Phi) is 4.21. The van der Waals surface area contributed by atoms with Crippen LogP contribution in [-0.2, 0) is 12.0 Å². The molecule has 6 nitrogen and oxygen atoms in total. The molecule has 0 radical (unpaired) electrons. The maximum Gasteiger partial charge on any atom is 0.324 e. The Morgan fingerprint density at radius 1 is 1.19 bits per heavy atom. The number of fused-ring (bicyclic) bond motifs is 4. The summed E-state index contributed by atoms with van der Waals surface area (Å²) in [5, 5.41) is 10.3. The van der Waals surface area contributed by atoms with Crippen LogP contribution in [0.15, 0.2) is 24.3 Å². The van der Waals surface area contributed by atoms with Crippen molar-refractivity contribution < 1.29 is 9.59 Å². The van der Waals surface area contributed by atoms with Crippen molar-refractivity contribution in [3.05, 3.63) is 45.3 Å². The maximum absolute atomic E-state index is 12.4. The zero-order valence-electron chi connectivity index (χ0n) is 15.1. The lowest BCUT2D eigenvalue weighted by atomic mass is 9.86. The lowest BCUT2D eigenvalue weighted by molar-refractivity contribution is 0.1000. The third-order valence-corrected chi connectivity index (χ3v) is 7.07. The molecule has 0 aliphatic carbocycles. The first-order valence-electron chi connectivity index (χ1n) is 8.78. The summed E-state index contributed by atoms with van der Waals surface area (Å²) in [4.78, 5) is 25.7. The molecule has 27 heavy (non-hydrogen) atoms. The Morgan fingerprint density at radius 3 is 2.56 bits per heavy atom. The number of thiophene rings is 1. The Hall–Kier alpha value is -2.09. The number of carbonyl (C=O) groups excluding carboxylic acids is 2. The fourth-order valence-corrected chi connectivity index (χ4v) is 5.71. The predicted octanol–water partition coefficient (Wildman–Crippen LogP) is 4.06. The molecule has 3 amide bonds. The third kappa shape index (κ3) is 3.20. The highest BCUT2D eigenvalue weighted by molar-refractivity contribution is 7.17. The minimum absolute atomic E-state index is 0.0458. The summed E-state index contributed by atoms with van der Waals surface area (Å²) in [6.45, 7) is 4.32. The summed E-state index contributed by atoms with van der Waals surface area (Å²) in [6, 6.07) is 6.38. The van der Waals surface area contributed by atoms with E-state index in [1.54, 1.807) is 24.3 Å². The van der Waals surface area contributed by atoms with Gasteiger partial charge < -0.3 is 16.4 Å². The SMILES string of the molecule is CC12CCC(C)(N1)c1sc(NC(=O)Nc3ccc(Cl)cc3)c(C(N)=O)c1C2. The first-order chi connectivity index (χ1) is 12.7. The number of nitrogens with two attached hydrogens (primary N) is 1. The van der Waals surface area contributed by atoms with E-state index in [0.29, 0.717) is 21.3 Å². The summed E-state index contributed by atoms with van der Waals surface area (Å²) in [6.07, 6.45) is 2.77. The van der Waals surface area contributed by atoms with Crippen LogP contribution >= 0.6 is 22.9 Å². The number of primary amides is 1. The smallest absolute Gasteiger partial charge is 0.324 e. The highest BCUT2D eigenvalue weighted by atomic mass is 35.5. The first-order valence-corrected chi connectivity index (χ1v) is 9.97. The number of halogens is 1. The van der Waals surface area contributed by atoms with Gasteiger partial charge in [-0.05, 0) is 62.9 Å². The molecule has 5 N–H and O–H groups in total. The normalized spacial score (nSPS) is 25.7. The summed E-state index contributed by atoms with van der Waals surface area (Å²) in [5.74, 6) is -0.511. The molecule has 2 aliphatic heterocycles. The van der Waals surface area contributed by atoms with Gasteiger partial charge in [-0.3, -0.25) is 10.1 Å².